The van der Waals surface area contributed by atoms with E-state index in [1.807, 2.05) is 35.7 Å². The minimum atomic E-state index is -0.229. The van der Waals surface area contributed by atoms with E-state index in [0.717, 1.165) is 43.2 Å². The van der Waals surface area contributed by atoms with Gasteiger partial charge in [0.2, 0.25) is 6.79 Å². The lowest BCUT2D eigenvalue weighted by Crippen LogP contribution is -2.47. The van der Waals surface area contributed by atoms with E-state index in [1.165, 1.54) is 16.2 Å². The van der Waals surface area contributed by atoms with Gasteiger partial charge in [-0.2, -0.15) is 0 Å². The molecule has 0 atom stereocenters. The summed E-state index contributed by atoms with van der Waals surface area (Å²) < 4.78 is 10.8. The molecular weight excluding hydrogens is 402 g/mol. The van der Waals surface area contributed by atoms with E-state index < -0.39 is 0 Å². The number of benzene rings is 1. The summed E-state index contributed by atoms with van der Waals surface area (Å²) in [6.45, 7) is 6.81. The molecule has 8 heteroatoms. The smallest absolute Gasteiger partial charge is 0.278 e. The number of amides is 2. The zero-order valence-electron chi connectivity index (χ0n) is 16.8. The first-order chi connectivity index (χ1) is 14.7. The number of likely N-dealkylation sites (N-methyl/N-ethyl adjacent to an activating group) is 1. The van der Waals surface area contributed by atoms with Gasteiger partial charge in [-0.1, -0.05) is 19.1 Å². The maximum Gasteiger partial charge on any atom is 0.278 e. The molecule has 0 bridgehead atoms. The zero-order chi connectivity index (χ0) is 20.7. The first-order valence-electron chi connectivity index (χ1n) is 10.2. The van der Waals surface area contributed by atoms with Crippen molar-refractivity contribution in [3.05, 3.63) is 51.8 Å². The highest BCUT2D eigenvalue weighted by atomic mass is 32.1. The van der Waals surface area contributed by atoms with Gasteiger partial charge in [0.05, 0.1) is 12.1 Å². The fourth-order valence-electron chi connectivity index (χ4n) is 4.15. The number of carbonyl (C=O) groups is 2. The second kappa shape index (κ2) is 7.77. The molecule has 3 aliphatic rings. The van der Waals surface area contributed by atoms with Crippen molar-refractivity contribution < 1.29 is 19.1 Å². The molecule has 0 spiro atoms. The van der Waals surface area contributed by atoms with Gasteiger partial charge in [-0.05, 0) is 35.7 Å². The molecule has 30 heavy (non-hydrogen) atoms. The van der Waals surface area contributed by atoms with E-state index in [1.54, 1.807) is 0 Å². The van der Waals surface area contributed by atoms with Crippen molar-refractivity contribution in [3.8, 4) is 11.5 Å². The van der Waals surface area contributed by atoms with Crippen LogP contribution < -0.4 is 9.47 Å². The number of ether oxygens (including phenoxy) is 2. The van der Waals surface area contributed by atoms with Crippen molar-refractivity contribution in [2.24, 2.45) is 0 Å². The highest BCUT2D eigenvalue weighted by Gasteiger charge is 2.42. The van der Waals surface area contributed by atoms with Crippen LogP contribution in [0.3, 0.4) is 0 Å². The molecule has 4 heterocycles. The molecule has 1 saturated heterocycles. The van der Waals surface area contributed by atoms with Crippen LogP contribution in [0.1, 0.15) is 17.4 Å². The van der Waals surface area contributed by atoms with Crippen molar-refractivity contribution in [3.63, 3.8) is 0 Å². The number of nitrogens with zero attached hydrogens (tertiary/aromatic N) is 3. The molecule has 0 unspecified atom stereocenters. The molecule has 0 radical (unpaired) electrons. The molecule has 0 aliphatic carbocycles. The lowest BCUT2D eigenvalue weighted by Gasteiger charge is -2.35. The SMILES string of the molecule is CCN1CCN(C2=C(c3cccs3)C(=O)N(Cc3ccc4c(c3)OCO4)C2=O)CC1. The third-order valence-electron chi connectivity index (χ3n) is 5.82. The molecule has 2 aromatic rings. The summed E-state index contributed by atoms with van der Waals surface area (Å²) in [4.78, 5) is 33.5. The van der Waals surface area contributed by atoms with E-state index in [2.05, 4.69) is 16.7 Å². The number of hydrogen-bond donors (Lipinski definition) is 0. The summed E-state index contributed by atoms with van der Waals surface area (Å²) in [6, 6.07) is 9.36. The predicted molar refractivity (Wildman–Crippen MR) is 113 cm³/mol. The van der Waals surface area contributed by atoms with Gasteiger partial charge < -0.3 is 19.3 Å². The Balaban J connectivity index is 1.45. The second-order valence-corrected chi connectivity index (χ2v) is 8.45. The average molecular weight is 426 g/mol. The van der Waals surface area contributed by atoms with Crippen LogP contribution in [0.2, 0.25) is 0 Å². The maximum absolute atomic E-state index is 13.5. The molecule has 1 aromatic heterocycles. The number of fused-ring (bicyclic) bond motifs is 1. The summed E-state index contributed by atoms with van der Waals surface area (Å²) in [5, 5.41) is 1.94. The van der Waals surface area contributed by atoms with Crippen LogP contribution in [0, 0.1) is 0 Å². The number of imide groups is 1. The predicted octanol–water partition coefficient (Wildman–Crippen LogP) is 2.39. The highest BCUT2D eigenvalue weighted by Crippen LogP contribution is 2.37. The van der Waals surface area contributed by atoms with Gasteiger partial charge in [0.25, 0.3) is 11.8 Å². The molecule has 5 rings (SSSR count). The van der Waals surface area contributed by atoms with E-state index in [9.17, 15) is 9.59 Å². The number of carbonyl (C=O) groups excluding carboxylic acids is 2. The minimum absolute atomic E-state index is 0.193. The molecule has 7 nitrogen and oxygen atoms in total. The second-order valence-electron chi connectivity index (χ2n) is 7.51. The van der Waals surface area contributed by atoms with Gasteiger partial charge >= 0.3 is 0 Å². The molecular formula is C22H23N3O4S. The van der Waals surface area contributed by atoms with Crippen LogP contribution in [0.4, 0.5) is 0 Å². The Morgan fingerprint density at radius 1 is 1.00 bits per heavy atom. The number of piperazine rings is 1. The van der Waals surface area contributed by atoms with Crippen LogP contribution in [0.5, 0.6) is 11.5 Å². The Hall–Kier alpha value is -2.84. The average Bonchev–Trinajstić information content (AvgIpc) is 3.50. The Labute approximate surface area is 179 Å². The lowest BCUT2D eigenvalue weighted by atomic mass is 10.1. The molecule has 2 amide bonds. The summed E-state index contributed by atoms with van der Waals surface area (Å²) in [7, 11) is 0. The number of rotatable bonds is 5. The van der Waals surface area contributed by atoms with Crippen molar-refractivity contribution in [1.29, 1.82) is 0 Å². The third kappa shape index (κ3) is 3.26. The summed E-state index contributed by atoms with van der Waals surface area (Å²) in [5.41, 5.74) is 1.91. The van der Waals surface area contributed by atoms with Crippen LogP contribution in [0.25, 0.3) is 5.57 Å². The van der Waals surface area contributed by atoms with Crippen LogP contribution in [0.15, 0.2) is 41.4 Å². The topological polar surface area (TPSA) is 62.3 Å². The van der Waals surface area contributed by atoms with Crippen LogP contribution in [-0.2, 0) is 16.1 Å². The maximum atomic E-state index is 13.5. The van der Waals surface area contributed by atoms with E-state index >= 15 is 0 Å². The van der Waals surface area contributed by atoms with Gasteiger partial charge in [0.15, 0.2) is 11.5 Å². The normalized spacial score (nSPS) is 19.4. The van der Waals surface area contributed by atoms with Crippen molar-refractivity contribution in [2.45, 2.75) is 13.5 Å². The fourth-order valence-corrected chi connectivity index (χ4v) is 4.92. The summed E-state index contributed by atoms with van der Waals surface area (Å²) in [6.07, 6.45) is 0. The molecule has 0 N–H and O–H groups in total. The molecule has 1 aromatic carbocycles. The monoisotopic (exact) mass is 425 g/mol. The highest BCUT2D eigenvalue weighted by molar-refractivity contribution is 7.11. The summed E-state index contributed by atoms with van der Waals surface area (Å²) >= 11 is 1.49. The summed E-state index contributed by atoms with van der Waals surface area (Å²) in [5.74, 6) is 0.887. The van der Waals surface area contributed by atoms with Crippen LogP contribution >= 0.6 is 11.3 Å². The lowest BCUT2D eigenvalue weighted by molar-refractivity contribution is -0.138. The Morgan fingerprint density at radius 2 is 1.80 bits per heavy atom. The number of hydrogen-bond acceptors (Lipinski definition) is 7. The quantitative estimate of drug-likeness (QED) is 0.686. The van der Waals surface area contributed by atoms with E-state index in [-0.39, 0.29) is 25.2 Å². The standard InChI is InChI=1S/C22H23N3O4S/c1-2-23-7-9-24(10-8-23)20-19(18-4-3-11-30-18)21(26)25(22(20)27)13-15-5-6-16-17(12-15)29-14-28-16/h3-6,11-12H,2,7-10,13-14H2,1H3. The van der Waals surface area contributed by atoms with Gasteiger partial charge in [-0.15, -0.1) is 11.3 Å². The molecule has 3 aliphatic heterocycles. The van der Waals surface area contributed by atoms with Crippen LogP contribution in [-0.4, -0.2) is 66.0 Å². The number of thiophene rings is 1. The van der Waals surface area contributed by atoms with E-state index in [4.69, 9.17) is 9.47 Å². The van der Waals surface area contributed by atoms with Gasteiger partial charge in [0.1, 0.15) is 5.70 Å². The largest absolute Gasteiger partial charge is 0.454 e. The third-order valence-corrected chi connectivity index (χ3v) is 6.71. The van der Waals surface area contributed by atoms with Gasteiger partial charge in [0, 0.05) is 31.1 Å². The zero-order valence-corrected chi connectivity index (χ0v) is 17.6. The first kappa shape index (κ1) is 19.1. The van der Waals surface area contributed by atoms with Crippen molar-refractivity contribution in [1.82, 2.24) is 14.7 Å². The molecule has 1 fully saturated rings. The Bertz CT molecular complexity index is 1010. The van der Waals surface area contributed by atoms with Gasteiger partial charge in [-0.3, -0.25) is 14.5 Å². The van der Waals surface area contributed by atoms with E-state index in [0.29, 0.717) is 22.8 Å². The van der Waals surface area contributed by atoms with Crippen molar-refractivity contribution >= 4 is 28.7 Å². The molecule has 0 saturated carbocycles. The Morgan fingerprint density at radius 3 is 2.53 bits per heavy atom. The van der Waals surface area contributed by atoms with Crippen molar-refractivity contribution in [2.75, 3.05) is 39.5 Å². The first-order valence-corrected chi connectivity index (χ1v) is 11.0. The molecule has 156 valence electrons. The van der Waals surface area contributed by atoms with Gasteiger partial charge in [-0.25, -0.2) is 0 Å². The Kier molecular flexibility index (Phi) is 4.96. The fraction of sp³-hybridized carbons (Fsp3) is 0.364. The minimum Gasteiger partial charge on any atom is -0.454 e.